The Hall–Kier alpha value is -2.41. The number of oxime groups is 1. The number of aromatic nitrogens is 3. The van der Waals surface area contributed by atoms with E-state index < -0.39 is 6.09 Å². The fourth-order valence-electron chi connectivity index (χ4n) is 1.66. The van der Waals surface area contributed by atoms with Crippen molar-refractivity contribution in [1.29, 1.82) is 0 Å². The summed E-state index contributed by atoms with van der Waals surface area (Å²) >= 11 is 5.97. The van der Waals surface area contributed by atoms with Crippen LogP contribution in [-0.4, -0.2) is 26.6 Å². The average molecular weight is 336 g/mol. The molecule has 0 spiro atoms. The summed E-state index contributed by atoms with van der Waals surface area (Å²) < 4.78 is 1.61. The number of halogens is 1. The lowest BCUT2D eigenvalue weighted by Gasteiger charge is -2.20. The van der Waals surface area contributed by atoms with Crippen molar-refractivity contribution in [3.63, 3.8) is 0 Å². The van der Waals surface area contributed by atoms with Crippen molar-refractivity contribution in [1.82, 2.24) is 14.8 Å². The molecule has 23 heavy (non-hydrogen) atoms. The molecule has 0 fully saturated rings. The number of nitrogens with one attached hydrogen (secondary N) is 1. The van der Waals surface area contributed by atoms with Gasteiger partial charge in [-0.15, -0.1) is 0 Å². The molecule has 2 aromatic rings. The highest BCUT2D eigenvalue weighted by atomic mass is 35.5. The second-order valence-electron chi connectivity index (χ2n) is 5.86. The molecule has 0 radical (unpaired) electrons. The molecule has 1 N–H and O–H groups in total. The maximum absolute atomic E-state index is 11.9. The lowest BCUT2D eigenvalue weighted by Crippen LogP contribution is -2.27. The van der Waals surface area contributed by atoms with Crippen molar-refractivity contribution in [2.75, 3.05) is 5.32 Å². The summed E-state index contributed by atoms with van der Waals surface area (Å²) in [5.41, 5.74) is 0.816. The van der Waals surface area contributed by atoms with Crippen LogP contribution >= 0.6 is 11.6 Å². The van der Waals surface area contributed by atoms with Gasteiger partial charge < -0.3 is 0 Å². The van der Waals surface area contributed by atoms with E-state index in [9.17, 15) is 4.79 Å². The molecule has 1 aromatic heterocycles. The third-order valence-corrected chi connectivity index (χ3v) is 3.32. The molecular weight excluding hydrogens is 318 g/mol. The van der Waals surface area contributed by atoms with Crippen LogP contribution in [0, 0.1) is 5.41 Å². The van der Waals surface area contributed by atoms with Crippen LogP contribution in [0.3, 0.4) is 0 Å². The number of hydrogen-bond donors (Lipinski definition) is 1. The van der Waals surface area contributed by atoms with Gasteiger partial charge in [0.05, 0.1) is 23.0 Å². The van der Waals surface area contributed by atoms with E-state index in [-0.39, 0.29) is 5.41 Å². The van der Waals surface area contributed by atoms with E-state index >= 15 is 0 Å². The van der Waals surface area contributed by atoms with Crippen LogP contribution in [0.5, 0.6) is 0 Å². The molecule has 0 aliphatic heterocycles. The van der Waals surface area contributed by atoms with E-state index in [2.05, 4.69) is 20.6 Å². The van der Waals surface area contributed by atoms with E-state index in [1.807, 2.05) is 20.8 Å². The van der Waals surface area contributed by atoms with Crippen LogP contribution in [-0.2, 0) is 11.4 Å². The smallest absolute Gasteiger partial charge is 0.298 e. The van der Waals surface area contributed by atoms with Crippen molar-refractivity contribution < 1.29 is 9.63 Å². The summed E-state index contributed by atoms with van der Waals surface area (Å²) in [7, 11) is 0. The van der Waals surface area contributed by atoms with Crippen LogP contribution in [0.2, 0.25) is 5.02 Å². The SMILES string of the molecule is CC(C)(C)/C(Cn1cncn1)=N\OC(=O)Nc1ccccc1Cl. The van der Waals surface area contributed by atoms with Crippen molar-refractivity contribution in [2.24, 2.45) is 10.6 Å². The zero-order valence-electron chi connectivity index (χ0n) is 13.2. The average Bonchev–Trinajstić information content (AvgIpc) is 2.98. The maximum atomic E-state index is 11.9. The molecular formula is C15H18ClN5O2. The molecule has 2 rings (SSSR count). The highest BCUT2D eigenvalue weighted by Crippen LogP contribution is 2.21. The maximum Gasteiger partial charge on any atom is 0.437 e. The molecule has 7 nitrogen and oxygen atoms in total. The number of nitrogens with zero attached hydrogens (tertiary/aromatic N) is 4. The van der Waals surface area contributed by atoms with Crippen LogP contribution < -0.4 is 5.32 Å². The van der Waals surface area contributed by atoms with Gasteiger partial charge in [-0.3, -0.25) is 10.2 Å². The first kappa shape index (κ1) is 17.0. The minimum Gasteiger partial charge on any atom is -0.298 e. The van der Waals surface area contributed by atoms with Gasteiger partial charge in [-0.05, 0) is 12.1 Å². The molecule has 0 saturated heterocycles. The third-order valence-electron chi connectivity index (χ3n) is 2.99. The summed E-state index contributed by atoms with van der Waals surface area (Å²) in [4.78, 5) is 20.7. The summed E-state index contributed by atoms with van der Waals surface area (Å²) in [6.07, 6.45) is 2.30. The van der Waals surface area contributed by atoms with Crippen molar-refractivity contribution >= 4 is 29.1 Å². The molecule has 0 unspecified atom stereocenters. The Morgan fingerprint density at radius 3 is 2.74 bits per heavy atom. The van der Waals surface area contributed by atoms with Gasteiger partial charge in [0.25, 0.3) is 0 Å². The number of amides is 1. The number of rotatable bonds is 4. The fraction of sp³-hybridized carbons (Fsp3) is 0.333. The van der Waals surface area contributed by atoms with Crippen LogP contribution in [0.1, 0.15) is 20.8 Å². The van der Waals surface area contributed by atoms with Crippen LogP contribution in [0.15, 0.2) is 42.1 Å². The predicted molar refractivity (Wildman–Crippen MR) is 88.5 cm³/mol. The molecule has 122 valence electrons. The first-order valence-electron chi connectivity index (χ1n) is 6.98. The third kappa shape index (κ3) is 5.07. The number of anilines is 1. The zero-order chi connectivity index (χ0) is 16.9. The van der Waals surface area contributed by atoms with Crippen LogP contribution in [0.4, 0.5) is 10.5 Å². The van der Waals surface area contributed by atoms with Gasteiger partial charge in [0, 0.05) is 5.41 Å². The van der Waals surface area contributed by atoms with Gasteiger partial charge in [-0.1, -0.05) is 49.7 Å². The first-order chi connectivity index (χ1) is 10.9. The minimum absolute atomic E-state index is 0.295. The number of carbonyl (C=O) groups excluding carboxylic acids is 1. The lowest BCUT2D eigenvalue weighted by molar-refractivity contribution is 0.164. The molecule has 0 bridgehead atoms. The van der Waals surface area contributed by atoms with E-state index in [4.69, 9.17) is 16.4 Å². The van der Waals surface area contributed by atoms with Crippen molar-refractivity contribution in [3.8, 4) is 0 Å². The Kier molecular flexibility index (Phi) is 5.33. The summed E-state index contributed by atoms with van der Waals surface area (Å²) in [6.45, 7) is 6.29. The van der Waals surface area contributed by atoms with E-state index in [1.54, 1.807) is 35.3 Å². The molecule has 0 atom stereocenters. The summed E-state index contributed by atoms with van der Waals surface area (Å²) in [5.74, 6) is 0. The summed E-state index contributed by atoms with van der Waals surface area (Å²) in [5, 5.41) is 11.0. The topological polar surface area (TPSA) is 81.4 Å². The van der Waals surface area contributed by atoms with Crippen molar-refractivity contribution in [2.45, 2.75) is 27.3 Å². The monoisotopic (exact) mass is 335 g/mol. The van der Waals surface area contributed by atoms with Crippen LogP contribution in [0.25, 0.3) is 0 Å². The first-order valence-corrected chi connectivity index (χ1v) is 7.36. The molecule has 1 amide bonds. The number of para-hydroxylation sites is 1. The van der Waals surface area contributed by atoms with E-state index in [1.165, 1.54) is 6.33 Å². The highest BCUT2D eigenvalue weighted by Gasteiger charge is 2.21. The second-order valence-corrected chi connectivity index (χ2v) is 6.27. The summed E-state index contributed by atoms with van der Waals surface area (Å²) in [6, 6.07) is 6.88. The number of carbonyl (C=O) groups is 1. The predicted octanol–water partition coefficient (Wildman–Crippen LogP) is 3.58. The Morgan fingerprint density at radius 2 is 2.13 bits per heavy atom. The molecule has 0 saturated carbocycles. The van der Waals surface area contributed by atoms with E-state index in [0.29, 0.717) is 23.0 Å². The van der Waals surface area contributed by atoms with Gasteiger partial charge in [0.1, 0.15) is 12.7 Å². The largest absolute Gasteiger partial charge is 0.437 e. The number of benzene rings is 1. The minimum atomic E-state index is -0.710. The van der Waals surface area contributed by atoms with Gasteiger partial charge in [0.15, 0.2) is 0 Å². The van der Waals surface area contributed by atoms with E-state index in [0.717, 1.165) is 0 Å². The Morgan fingerprint density at radius 1 is 1.39 bits per heavy atom. The Balaban J connectivity index is 2.05. The highest BCUT2D eigenvalue weighted by molar-refractivity contribution is 6.33. The zero-order valence-corrected chi connectivity index (χ0v) is 13.9. The normalized spacial score (nSPS) is 12.1. The Bertz CT molecular complexity index is 692. The standard InChI is InChI=1S/C15H18ClN5O2/c1-15(2,3)13(8-21-10-17-9-18-21)20-23-14(22)19-12-7-5-4-6-11(12)16/h4-7,9-10H,8H2,1-3H3,(H,19,22)/b20-13-. The molecule has 0 aliphatic rings. The van der Waals surface area contributed by atoms with Gasteiger partial charge in [-0.25, -0.2) is 14.5 Å². The second kappa shape index (κ2) is 7.23. The van der Waals surface area contributed by atoms with Crippen molar-refractivity contribution in [3.05, 3.63) is 41.9 Å². The molecule has 0 aliphatic carbocycles. The molecule has 8 heteroatoms. The van der Waals surface area contributed by atoms with Gasteiger partial charge in [-0.2, -0.15) is 5.10 Å². The van der Waals surface area contributed by atoms with Gasteiger partial charge >= 0.3 is 6.09 Å². The lowest BCUT2D eigenvalue weighted by atomic mass is 9.90. The van der Waals surface area contributed by atoms with Gasteiger partial charge in [0.2, 0.25) is 0 Å². The quantitative estimate of drug-likeness (QED) is 0.526. The molecule has 1 heterocycles. The number of hydrogen-bond acceptors (Lipinski definition) is 5. The molecule has 1 aromatic carbocycles. The Labute approximate surface area is 139 Å². The fourth-order valence-corrected chi connectivity index (χ4v) is 1.85.